The Hall–Kier alpha value is -1.70. The van der Waals surface area contributed by atoms with Crippen molar-refractivity contribution in [2.24, 2.45) is 0 Å². The lowest BCUT2D eigenvalue weighted by atomic mass is 10.0. The molecule has 102 valence electrons. The van der Waals surface area contributed by atoms with Crippen LogP contribution < -0.4 is 10.6 Å². The van der Waals surface area contributed by atoms with Gasteiger partial charge in [0.2, 0.25) is 0 Å². The maximum atomic E-state index is 14.4. The number of methoxy groups -OCH3 is 1. The highest BCUT2D eigenvalue weighted by Gasteiger charge is 2.59. The monoisotopic (exact) mass is 262 g/mol. The van der Waals surface area contributed by atoms with E-state index < -0.39 is 29.8 Å². The number of carbonyl (C=O) groups is 3. The highest BCUT2D eigenvalue weighted by molar-refractivity contribution is 6.13. The molecule has 2 unspecified atom stereocenters. The summed E-state index contributed by atoms with van der Waals surface area (Å²) < 4.78 is 23.7. The van der Waals surface area contributed by atoms with Crippen LogP contribution in [0.25, 0.3) is 0 Å². The molecule has 8 heteroatoms. The van der Waals surface area contributed by atoms with Crippen molar-refractivity contribution >= 4 is 17.9 Å². The van der Waals surface area contributed by atoms with Gasteiger partial charge >= 0.3 is 17.7 Å². The van der Waals surface area contributed by atoms with Crippen LogP contribution in [0.1, 0.15) is 19.8 Å². The van der Waals surface area contributed by atoms with E-state index in [0.717, 1.165) is 13.5 Å². The molecule has 0 saturated carbocycles. The molecule has 1 heterocycles. The third-order valence-corrected chi connectivity index (χ3v) is 2.45. The van der Waals surface area contributed by atoms with Crippen LogP contribution in [-0.4, -0.2) is 43.5 Å². The Labute approximate surface area is 103 Å². The van der Waals surface area contributed by atoms with E-state index in [1.165, 1.54) is 0 Å². The summed E-state index contributed by atoms with van der Waals surface area (Å²) in [5, 5.41) is 3.70. The third-order valence-electron chi connectivity index (χ3n) is 2.45. The normalized spacial score (nSPS) is 27.4. The minimum atomic E-state index is -3.07. The number of nitrogens with one attached hydrogen (secondary N) is 2. The second-order valence-corrected chi connectivity index (χ2v) is 3.74. The number of imide groups is 1. The summed E-state index contributed by atoms with van der Waals surface area (Å²) in [7, 11) is 0.941. The highest BCUT2D eigenvalue weighted by atomic mass is 19.1. The van der Waals surface area contributed by atoms with Gasteiger partial charge in [-0.15, -0.1) is 0 Å². The molecule has 0 radical (unpaired) electrons. The number of carbonyl (C=O) groups excluding carboxylic acids is 3. The minimum absolute atomic E-state index is 0.109. The van der Waals surface area contributed by atoms with E-state index >= 15 is 0 Å². The molecule has 1 rings (SSSR count). The number of alkyl halides is 1. The van der Waals surface area contributed by atoms with Crippen molar-refractivity contribution in [1.29, 1.82) is 0 Å². The molecule has 2 N–H and O–H groups in total. The fraction of sp³-hybridized carbons (Fsp3) is 0.700. The second-order valence-electron chi connectivity index (χ2n) is 3.74. The number of amides is 3. The van der Waals surface area contributed by atoms with E-state index in [-0.39, 0.29) is 6.61 Å². The lowest BCUT2D eigenvalue weighted by Gasteiger charge is -2.33. The van der Waals surface area contributed by atoms with Gasteiger partial charge in [0, 0.05) is 6.61 Å². The van der Waals surface area contributed by atoms with Crippen molar-refractivity contribution in [3.05, 3.63) is 0 Å². The number of ether oxygens (including phenoxy) is 2. The molecule has 2 atom stereocenters. The van der Waals surface area contributed by atoms with Gasteiger partial charge in [-0.3, -0.25) is 10.1 Å². The molecular formula is C10H15FN2O5. The first-order valence-corrected chi connectivity index (χ1v) is 5.47. The largest absolute Gasteiger partial charge is 0.466 e. The van der Waals surface area contributed by atoms with E-state index in [1.807, 2.05) is 12.2 Å². The lowest BCUT2D eigenvalue weighted by molar-refractivity contribution is -0.177. The maximum absolute atomic E-state index is 14.4. The second kappa shape index (κ2) is 5.76. The summed E-state index contributed by atoms with van der Waals surface area (Å²) in [4.78, 5) is 33.9. The first-order valence-electron chi connectivity index (χ1n) is 5.47. The summed E-state index contributed by atoms with van der Waals surface area (Å²) in [5.41, 5.74) is -3.07. The van der Waals surface area contributed by atoms with E-state index in [9.17, 15) is 18.8 Å². The zero-order valence-corrected chi connectivity index (χ0v) is 10.1. The number of hydrogen-bond donors (Lipinski definition) is 2. The van der Waals surface area contributed by atoms with Crippen molar-refractivity contribution in [3.63, 3.8) is 0 Å². The molecule has 7 nitrogen and oxygen atoms in total. The van der Waals surface area contributed by atoms with Crippen LogP contribution in [0.2, 0.25) is 0 Å². The number of rotatable bonds is 5. The molecule has 0 aliphatic carbocycles. The minimum Gasteiger partial charge on any atom is -0.466 e. The molecule has 0 aromatic rings. The third kappa shape index (κ3) is 2.58. The van der Waals surface area contributed by atoms with Crippen molar-refractivity contribution < 1.29 is 28.2 Å². The van der Waals surface area contributed by atoms with Gasteiger partial charge in [-0.1, -0.05) is 13.3 Å². The zero-order valence-electron chi connectivity index (χ0n) is 10.1. The summed E-state index contributed by atoms with van der Waals surface area (Å²) in [6, 6.07) is -0.918. The van der Waals surface area contributed by atoms with Crippen LogP contribution in [0.5, 0.6) is 0 Å². The van der Waals surface area contributed by atoms with Gasteiger partial charge in [-0.25, -0.2) is 14.0 Å². The van der Waals surface area contributed by atoms with Crippen LogP contribution in [0.3, 0.4) is 0 Å². The fourth-order valence-electron chi connectivity index (χ4n) is 1.42. The Balaban J connectivity index is 2.88. The number of hydrogen-bond acceptors (Lipinski definition) is 5. The van der Waals surface area contributed by atoms with E-state index in [1.54, 1.807) is 5.32 Å². The van der Waals surface area contributed by atoms with E-state index in [2.05, 4.69) is 4.74 Å². The number of esters is 1. The molecule has 1 aliphatic rings. The Morgan fingerprint density at radius 1 is 1.50 bits per heavy atom. The number of halogens is 1. The highest BCUT2D eigenvalue weighted by Crippen LogP contribution is 2.23. The molecule has 1 saturated heterocycles. The van der Waals surface area contributed by atoms with Gasteiger partial charge in [-0.2, -0.15) is 0 Å². The summed E-state index contributed by atoms with van der Waals surface area (Å²) in [6.45, 7) is 2.00. The van der Waals surface area contributed by atoms with Crippen LogP contribution in [0.15, 0.2) is 0 Å². The Morgan fingerprint density at radius 2 is 2.17 bits per heavy atom. The fourth-order valence-corrected chi connectivity index (χ4v) is 1.42. The Kier molecular flexibility index (Phi) is 4.60. The molecule has 1 fully saturated rings. The average Bonchev–Trinajstić information content (AvgIpc) is 2.34. The topological polar surface area (TPSA) is 93.7 Å². The molecule has 1 aliphatic heterocycles. The number of unbranched alkanes of at least 4 members (excludes halogenated alkanes) is 1. The molecule has 0 spiro atoms. The average molecular weight is 262 g/mol. The van der Waals surface area contributed by atoms with Gasteiger partial charge < -0.3 is 14.8 Å². The molecule has 0 bridgehead atoms. The van der Waals surface area contributed by atoms with Gasteiger partial charge in [0.05, 0.1) is 7.11 Å². The predicted molar refractivity (Wildman–Crippen MR) is 57.2 cm³/mol. The first-order chi connectivity index (χ1) is 8.46. The van der Waals surface area contributed by atoms with Crippen LogP contribution in [-0.2, 0) is 19.1 Å². The Morgan fingerprint density at radius 3 is 2.72 bits per heavy atom. The van der Waals surface area contributed by atoms with Crippen LogP contribution in [0.4, 0.5) is 9.18 Å². The summed E-state index contributed by atoms with van der Waals surface area (Å²) >= 11 is 0. The lowest BCUT2D eigenvalue weighted by Crippen LogP contribution is -2.70. The van der Waals surface area contributed by atoms with E-state index in [0.29, 0.717) is 6.42 Å². The molecule has 3 amide bonds. The van der Waals surface area contributed by atoms with Crippen LogP contribution in [0, 0.1) is 0 Å². The standard InChI is InChI=1S/C10H15FN2O5/c1-3-4-5-18-7-10(11,8(15)17-2)6(14)12-9(16)13-7/h7H,3-5H2,1-2H3,(H2,12,13,14,16). The quantitative estimate of drug-likeness (QED) is 0.408. The van der Waals surface area contributed by atoms with Crippen molar-refractivity contribution in [2.45, 2.75) is 31.7 Å². The number of urea groups is 1. The van der Waals surface area contributed by atoms with Crippen molar-refractivity contribution in [2.75, 3.05) is 13.7 Å². The van der Waals surface area contributed by atoms with Crippen LogP contribution >= 0.6 is 0 Å². The van der Waals surface area contributed by atoms with Gasteiger partial charge in [0.25, 0.3) is 5.91 Å². The van der Waals surface area contributed by atoms with Crippen molar-refractivity contribution in [3.8, 4) is 0 Å². The van der Waals surface area contributed by atoms with Gasteiger partial charge in [0.15, 0.2) is 6.23 Å². The maximum Gasteiger partial charge on any atom is 0.358 e. The predicted octanol–water partition coefficient (Wildman–Crippen LogP) is -0.150. The van der Waals surface area contributed by atoms with Gasteiger partial charge in [-0.05, 0) is 6.42 Å². The van der Waals surface area contributed by atoms with Gasteiger partial charge in [0.1, 0.15) is 0 Å². The zero-order chi connectivity index (χ0) is 13.8. The molecular weight excluding hydrogens is 247 g/mol. The molecule has 0 aromatic heterocycles. The Bertz CT molecular complexity index is 362. The smallest absolute Gasteiger partial charge is 0.358 e. The molecule has 0 aromatic carbocycles. The SMILES string of the molecule is CCCCOC1NC(=O)NC(=O)C1(F)C(=O)OC. The summed E-state index contributed by atoms with van der Waals surface area (Å²) in [5.74, 6) is -2.80. The molecule has 18 heavy (non-hydrogen) atoms. The summed E-state index contributed by atoms with van der Waals surface area (Å²) in [6.07, 6.45) is -0.298. The van der Waals surface area contributed by atoms with E-state index in [4.69, 9.17) is 4.74 Å². The van der Waals surface area contributed by atoms with Crippen molar-refractivity contribution in [1.82, 2.24) is 10.6 Å². The first kappa shape index (κ1) is 14.4.